The van der Waals surface area contributed by atoms with Crippen LogP contribution < -0.4 is 5.73 Å². The third-order valence-corrected chi connectivity index (χ3v) is 1.28. The van der Waals surface area contributed by atoms with Crippen molar-refractivity contribution in [3.63, 3.8) is 0 Å². The summed E-state index contributed by atoms with van der Waals surface area (Å²) in [5, 5.41) is 7.58. The molecule has 72 valence electrons. The molecule has 0 aromatic carbocycles. The van der Waals surface area contributed by atoms with Crippen molar-refractivity contribution in [1.29, 1.82) is 5.41 Å². The molecule has 4 nitrogen and oxygen atoms in total. The van der Waals surface area contributed by atoms with Crippen molar-refractivity contribution in [3.05, 3.63) is 24.0 Å². The standard InChI is InChI=1S/C8H12ClN3O/c1-4-6(12-5(2)9)7(10)8(11)13-3/h4,11H,1,10H2,2-3H3/b7-6+,11-8?,12-5?. The van der Waals surface area contributed by atoms with Crippen LogP contribution in [0.4, 0.5) is 0 Å². The zero-order valence-corrected chi connectivity index (χ0v) is 8.35. The van der Waals surface area contributed by atoms with E-state index in [4.69, 9.17) is 22.7 Å². The number of methoxy groups -OCH3 is 1. The number of aliphatic imine (C=N–C) groups is 1. The second-order valence-corrected chi connectivity index (χ2v) is 2.69. The van der Waals surface area contributed by atoms with Crippen LogP contribution in [0.25, 0.3) is 0 Å². The summed E-state index contributed by atoms with van der Waals surface area (Å²) in [5.41, 5.74) is 5.97. The summed E-state index contributed by atoms with van der Waals surface area (Å²) in [6, 6.07) is 0. The molecular formula is C8H12ClN3O. The molecule has 0 saturated carbocycles. The Morgan fingerprint density at radius 3 is 2.54 bits per heavy atom. The van der Waals surface area contributed by atoms with E-state index in [0.29, 0.717) is 10.9 Å². The minimum absolute atomic E-state index is 0.109. The molecule has 0 aromatic rings. The van der Waals surface area contributed by atoms with Gasteiger partial charge in [0.2, 0.25) is 5.90 Å². The van der Waals surface area contributed by atoms with Gasteiger partial charge >= 0.3 is 0 Å². The van der Waals surface area contributed by atoms with E-state index in [-0.39, 0.29) is 11.6 Å². The number of nitrogens with one attached hydrogen (secondary N) is 1. The Balaban J connectivity index is 5.01. The first-order valence-corrected chi connectivity index (χ1v) is 3.86. The first-order chi connectivity index (χ1) is 6.02. The topological polar surface area (TPSA) is 71.5 Å². The molecule has 0 aromatic heterocycles. The van der Waals surface area contributed by atoms with E-state index < -0.39 is 0 Å². The number of hydrogen-bond acceptors (Lipinski definition) is 4. The van der Waals surface area contributed by atoms with Crippen molar-refractivity contribution in [2.45, 2.75) is 6.92 Å². The molecule has 0 aliphatic rings. The zero-order chi connectivity index (χ0) is 10.4. The molecule has 0 heterocycles. The molecule has 0 amide bonds. The first-order valence-electron chi connectivity index (χ1n) is 3.48. The number of nitrogens with two attached hydrogens (primary N) is 1. The van der Waals surface area contributed by atoms with Crippen molar-refractivity contribution < 1.29 is 4.74 Å². The Hall–Kier alpha value is -1.29. The molecule has 0 aliphatic heterocycles. The van der Waals surface area contributed by atoms with Gasteiger partial charge in [0.25, 0.3) is 0 Å². The van der Waals surface area contributed by atoms with E-state index in [9.17, 15) is 0 Å². The second kappa shape index (κ2) is 5.37. The highest BCUT2D eigenvalue weighted by Gasteiger charge is 2.05. The number of rotatable bonds is 3. The van der Waals surface area contributed by atoms with Gasteiger partial charge in [0.1, 0.15) is 10.9 Å². The van der Waals surface area contributed by atoms with Gasteiger partial charge in [-0.05, 0) is 13.0 Å². The Morgan fingerprint density at radius 1 is 1.69 bits per heavy atom. The van der Waals surface area contributed by atoms with Crippen LogP contribution in [-0.4, -0.2) is 18.2 Å². The predicted octanol–water partition coefficient (Wildman–Crippen LogP) is 1.62. The van der Waals surface area contributed by atoms with Gasteiger partial charge in [-0.25, -0.2) is 4.99 Å². The van der Waals surface area contributed by atoms with Gasteiger partial charge in [0.15, 0.2) is 0 Å². The minimum atomic E-state index is -0.156. The predicted molar refractivity (Wildman–Crippen MR) is 55.1 cm³/mol. The van der Waals surface area contributed by atoms with Gasteiger partial charge in [-0.1, -0.05) is 18.2 Å². The molecule has 0 radical (unpaired) electrons. The van der Waals surface area contributed by atoms with Crippen LogP contribution in [0.5, 0.6) is 0 Å². The van der Waals surface area contributed by atoms with Gasteiger partial charge < -0.3 is 10.5 Å². The maximum absolute atomic E-state index is 7.26. The average molecular weight is 202 g/mol. The van der Waals surface area contributed by atoms with Crippen molar-refractivity contribution in [2.75, 3.05) is 7.11 Å². The van der Waals surface area contributed by atoms with Crippen molar-refractivity contribution >= 4 is 22.7 Å². The van der Waals surface area contributed by atoms with Crippen molar-refractivity contribution in [3.8, 4) is 0 Å². The molecule has 0 rings (SSSR count). The van der Waals surface area contributed by atoms with E-state index in [0.717, 1.165) is 0 Å². The summed E-state index contributed by atoms with van der Waals surface area (Å²) in [6.07, 6.45) is 1.41. The van der Waals surface area contributed by atoms with Gasteiger partial charge in [-0.3, -0.25) is 5.41 Å². The van der Waals surface area contributed by atoms with Crippen LogP contribution in [0.15, 0.2) is 29.0 Å². The third kappa shape index (κ3) is 3.75. The summed E-state index contributed by atoms with van der Waals surface area (Å²) in [6.45, 7) is 5.10. The molecule has 0 spiro atoms. The Kier molecular flexibility index (Phi) is 4.84. The largest absolute Gasteiger partial charge is 0.480 e. The number of allylic oxidation sites excluding steroid dienone is 1. The lowest BCUT2D eigenvalue weighted by molar-refractivity contribution is 0.399. The van der Waals surface area contributed by atoms with Crippen LogP contribution in [0.1, 0.15) is 6.92 Å². The summed E-state index contributed by atoms with van der Waals surface area (Å²) >= 11 is 5.54. The average Bonchev–Trinajstić information content (AvgIpc) is 2.11. The van der Waals surface area contributed by atoms with Crippen molar-refractivity contribution in [1.82, 2.24) is 0 Å². The molecule has 0 fully saturated rings. The third-order valence-electron chi connectivity index (χ3n) is 1.19. The van der Waals surface area contributed by atoms with Crippen LogP contribution in [0.2, 0.25) is 0 Å². The van der Waals surface area contributed by atoms with Gasteiger partial charge in [-0.15, -0.1) is 0 Å². The first kappa shape index (κ1) is 11.7. The number of halogens is 1. The van der Waals surface area contributed by atoms with Gasteiger partial charge in [-0.2, -0.15) is 0 Å². The fourth-order valence-electron chi connectivity index (χ4n) is 0.608. The SMILES string of the molecule is C=C/C(N=C(C)Cl)=C(\N)C(=N)OC. The molecule has 0 bridgehead atoms. The molecular weight excluding hydrogens is 190 g/mol. The van der Waals surface area contributed by atoms with E-state index in [1.165, 1.54) is 13.2 Å². The lowest BCUT2D eigenvalue weighted by Gasteiger charge is -2.04. The number of hydrogen-bond donors (Lipinski definition) is 2. The Bertz CT molecular complexity index is 277. The molecule has 5 heteroatoms. The highest BCUT2D eigenvalue weighted by molar-refractivity contribution is 6.64. The number of nitrogens with zero attached hydrogens (tertiary/aromatic N) is 1. The normalized spacial score (nSPS) is 13.3. The van der Waals surface area contributed by atoms with Gasteiger partial charge in [0, 0.05) is 0 Å². The molecule has 0 aliphatic carbocycles. The Labute approximate surface area is 82.3 Å². The van der Waals surface area contributed by atoms with E-state index in [2.05, 4.69) is 16.3 Å². The lowest BCUT2D eigenvalue weighted by Crippen LogP contribution is -2.14. The summed E-state index contributed by atoms with van der Waals surface area (Å²) < 4.78 is 4.62. The molecule has 0 atom stereocenters. The summed E-state index contributed by atoms with van der Waals surface area (Å²) in [4.78, 5) is 3.86. The minimum Gasteiger partial charge on any atom is -0.480 e. The fourth-order valence-corrected chi connectivity index (χ4v) is 0.699. The summed E-state index contributed by atoms with van der Waals surface area (Å²) in [7, 11) is 1.35. The highest BCUT2D eigenvalue weighted by Crippen LogP contribution is 2.05. The van der Waals surface area contributed by atoms with Gasteiger partial charge in [0.05, 0.1) is 12.8 Å². The van der Waals surface area contributed by atoms with Crippen molar-refractivity contribution in [2.24, 2.45) is 10.7 Å². The molecule has 0 saturated heterocycles. The Morgan fingerprint density at radius 2 is 2.23 bits per heavy atom. The number of ether oxygens (including phenoxy) is 1. The van der Waals surface area contributed by atoms with Crippen LogP contribution in [0.3, 0.4) is 0 Å². The smallest absolute Gasteiger partial charge is 0.231 e. The maximum atomic E-state index is 7.26. The summed E-state index contributed by atoms with van der Waals surface area (Å²) in [5.74, 6) is -0.156. The monoisotopic (exact) mass is 201 g/mol. The maximum Gasteiger partial charge on any atom is 0.231 e. The van der Waals surface area contributed by atoms with Crippen LogP contribution in [-0.2, 0) is 4.74 Å². The highest BCUT2D eigenvalue weighted by atomic mass is 35.5. The molecule has 13 heavy (non-hydrogen) atoms. The van der Waals surface area contributed by atoms with E-state index in [1.54, 1.807) is 6.92 Å². The molecule has 3 N–H and O–H groups in total. The van der Waals surface area contributed by atoms with Crippen LogP contribution in [0, 0.1) is 5.41 Å². The van der Waals surface area contributed by atoms with E-state index in [1.807, 2.05) is 0 Å². The van der Waals surface area contributed by atoms with E-state index >= 15 is 0 Å². The quantitative estimate of drug-likeness (QED) is 0.414. The fraction of sp³-hybridized carbons (Fsp3) is 0.250. The zero-order valence-electron chi connectivity index (χ0n) is 7.60. The molecule has 0 unspecified atom stereocenters. The second-order valence-electron chi connectivity index (χ2n) is 2.15. The van der Waals surface area contributed by atoms with Crippen LogP contribution >= 0.6 is 11.6 Å². The lowest BCUT2D eigenvalue weighted by atomic mass is 10.3.